The molecule has 0 bridgehead atoms. The molecule has 1 rings (SSSR count). The third kappa shape index (κ3) is 4.65. The molecule has 4 nitrogen and oxygen atoms in total. The first-order valence-electron chi connectivity index (χ1n) is 6.81. The molecular weight excluding hydrogens is 240 g/mol. The van der Waals surface area contributed by atoms with Gasteiger partial charge in [-0.15, -0.1) is 0 Å². The van der Waals surface area contributed by atoms with Crippen LogP contribution in [-0.2, 0) is 9.53 Å². The molecule has 0 aliphatic rings. The smallest absolute Gasteiger partial charge is 0.256 e. The lowest BCUT2D eigenvalue weighted by molar-refractivity contribution is -0.142. The van der Waals surface area contributed by atoms with E-state index in [2.05, 4.69) is 6.92 Å². The lowest BCUT2D eigenvalue weighted by Gasteiger charge is -2.26. The zero-order chi connectivity index (χ0) is 14.1. The van der Waals surface area contributed by atoms with Gasteiger partial charge in [0.1, 0.15) is 0 Å². The minimum absolute atomic E-state index is 0.00685. The Kier molecular flexibility index (Phi) is 7.15. The summed E-state index contributed by atoms with van der Waals surface area (Å²) in [7, 11) is 1.57. The molecule has 0 aliphatic heterocycles. The lowest BCUT2D eigenvalue weighted by atomic mass is 10.1. The fourth-order valence-electron chi connectivity index (χ4n) is 2.01. The monoisotopic (exact) mass is 264 g/mol. The first-order valence-corrected chi connectivity index (χ1v) is 6.81. The number of hydrogen-bond donors (Lipinski definition) is 1. The average molecular weight is 264 g/mol. The molecule has 1 aromatic rings. The molecule has 0 radical (unpaired) electrons. The molecule has 1 amide bonds. The van der Waals surface area contributed by atoms with Gasteiger partial charge in [0.2, 0.25) is 0 Å². The summed E-state index contributed by atoms with van der Waals surface area (Å²) in [5.74, 6) is -0.00685. The van der Waals surface area contributed by atoms with Crippen LogP contribution in [0.3, 0.4) is 0 Å². The average Bonchev–Trinajstić information content (AvgIpc) is 2.45. The number of carbonyl (C=O) groups excluding carboxylic acids is 1. The van der Waals surface area contributed by atoms with Crippen LogP contribution < -0.4 is 5.73 Å². The van der Waals surface area contributed by atoms with Gasteiger partial charge in [-0.25, -0.2) is 0 Å². The van der Waals surface area contributed by atoms with E-state index >= 15 is 0 Å². The molecule has 0 fully saturated rings. The van der Waals surface area contributed by atoms with Crippen LogP contribution >= 0.6 is 0 Å². The molecule has 0 aliphatic carbocycles. The van der Waals surface area contributed by atoms with E-state index in [0.717, 1.165) is 24.9 Å². The number of methoxy groups -OCH3 is 1. The predicted molar refractivity (Wildman–Crippen MR) is 76.7 cm³/mol. The van der Waals surface area contributed by atoms with Crippen LogP contribution in [0.2, 0.25) is 0 Å². The second-order valence-electron chi connectivity index (χ2n) is 4.49. The summed E-state index contributed by atoms with van der Waals surface area (Å²) in [5.41, 5.74) is 6.47. The molecule has 19 heavy (non-hydrogen) atoms. The van der Waals surface area contributed by atoms with Gasteiger partial charge in [-0.3, -0.25) is 4.79 Å². The van der Waals surface area contributed by atoms with Crippen LogP contribution in [0.4, 0.5) is 0 Å². The maximum Gasteiger partial charge on any atom is 0.256 e. The van der Waals surface area contributed by atoms with Crippen molar-refractivity contribution >= 4 is 5.91 Å². The molecule has 0 saturated carbocycles. The van der Waals surface area contributed by atoms with Crippen molar-refractivity contribution in [2.24, 2.45) is 5.73 Å². The Hall–Kier alpha value is -1.39. The highest BCUT2D eigenvalue weighted by atomic mass is 16.5. The first kappa shape index (κ1) is 15.7. The van der Waals surface area contributed by atoms with Crippen molar-refractivity contribution in [3.8, 4) is 0 Å². The van der Waals surface area contributed by atoms with E-state index in [0.29, 0.717) is 13.1 Å². The van der Waals surface area contributed by atoms with E-state index < -0.39 is 6.10 Å². The Balaban J connectivity index is 2.80. The summed E-state index contributed by atoms with van der Waals surface area (Å²) in [5, 5.41) is 0. The van der Waals surface area contributed by atoms with Gasteiger partial charge in [0, 0.05) is 26.7 Å². The number of unbranched alkanes of at least 4 members (excludes halogenated alkanes) is 1. The van der Waals surface area contributed by atoms with E-state index in [-0.39, 0.29) is 5.91 Å². The number of hydrogen-bond acceptors (Lipinski definition) is 3. The fourth-order valence-corrected chi connectivity index (χ4v) is 2.01. The molecule has 0 saturated heterocycles. The van der Waals surface area contributed by atoms with Gasteiger partial charge < -0.3 is 15.4 Å². The Labute approximate surface area is 115 Å². The second kappa shape index (κ2) is 8.67. The van der Waals surface area contributed by atoms with Crippen molar-refractivity contribution in [1.29, 1.82) is 0 Å². The summed E-state index contributed by atoms with van der Waals surface area (Å²) < 4.78 is 5.37. The molecule has 1 unspecified atom stereocenters. The Morgan fingerprint density at radius 1 is 1.32 bits per heavy atom. The molecule has 0 heterocycles. The highest BCUT2D eigenvalue weighted by Gasteiger charge is 2.24. The zero-order valence-electron chi connectivity index (χ0n) is 11.8. The Bertz CT molecular complexity index is 368. The van der Waals surface area contributed by atoms with E-state index in [4.69, 9.17) is 10.5 Å². The van der Waals surface area contributed by atoms with E-state index in [9.17, 15) is 4.79 Å². The number of carbonyl (C=O) groups is 1. The van der Waals surface area contributed by atoms with Gasteiger partial charge in [-0.05, 0) is 12.0 Å². The van der Waals surface area contributed by atoms with E-state index in [1.54, 1.807) is 12.0 Å². The Morgan fingerprint density at radius 2 is 2.00 bits per heavy atom. The van der Waals surface area contributed by atoms with Gasteiger partial charge in [-0.1, -0.05) is 43.7 Å². The SMILES string of the molecule is CCCCN(CCN)C(=O)C(OC)c1ccccc1. The normalized spacial score (nSPS) is 12.2. The van der Waals surface area contributed by atoms with Crippen LogP contribution in [0.15, 0.2) is 30.3 Å². The highest BCUT2D eigenvalue weighted by Crippen LogP contribution is 2.19. The number of rotatable bonds is 8. The highest BCUT2D eigenvalue weighted by molar-refractivity contribution is 5.82. The van der Waals surface area contributed by atoms with Gasteiger partial charge >= 0.3 is 0 Å². The molecule has 1 aromatic carbocycles. The van der Waals surface area contributed by atoms with E-state index in [1.165, 1.54) is 0 Å². The summed E-state index contributed by atoms with van der Waals surface area (Å²) in [6.45, 7) is 3.89. The number of benzene rings is 1. The zero-order valence-corrected chi connectivity index (χ0v) is 11.8. The van der Waals surface area contributed by atoms with Crippen molar-refractivity contribution in [2.45, 2.75) is 25.9 Å². The van der Waals surface area contributed by atoms with Crippen LogP contribution in [0.1, 0.15) is 31.4 Å². The van der Waals surface area contributed by atoms with E-state index in [1.807, 2.05) is 30.3 Å². The lowest BCUT2D eigenvalue weighted by Crippen LogP contribution is -2.39. The third-order valence-electron chi connectivity index (χ3n) is 3.05. The maximum atomic E-state index is 12.5. The van der Waals surface area contributed by atoms with Crippen LogP contribution in [0, 0.1) is 0 Å². The van der Waals surface area contributed by atoms with Crippen molar-refractivity contribution in [2.75, 3.05) is 26.7 Å². The van der Waals surface area contributed by atoms with Crippen molar-refractivity contribution in [1.82, 2.24) is 4.90 Å². The minimum Gasteiger partial charge on any atom is -0.367 e. The summed E-state index contributed by atoms with van der Waals surface area (Å²) in [6, 6.07) is 9.57. The maximum absolute atomic E-state index is 12.5. The summed E-state index contributed by atoms with van der Waals surface area (Å²) in [6.07, 6.45) is 1.50. The van der Waals surface area contributed by atoms with Gasteiger partial charge in [0.25, 0.3) is 5.91 Å². The largest absolute Gasteiger partial charge is 0.367 e. The van der Waals surface area contributed by atoms with Gasteiger partial charge in [-0.2, -0.15) is 0 Å². The molecule has 2 N–H and O–H groups in total. The summed E-state index contributed by atoms with van der Waals surface area (Å²) in [4.78, 5) is 14.3. The molecule has 1 atom stereocenters. The molecule has 0 spiro atoms. The minimum atomic E-state index is -0.537. The number of nitrogens with two attached hydrogens (primary N) is 1. The fraction of sp³-hybridized carbons (Fsp3) is 0.533. The Morgan fingerprint density at radius 3 is 2.53 bits per heavy atom. The quantitative estimate of drug-likeness (QED) is 0.781. The van der Waals surface area contributed by atoms with Crippen LogP contribution in [0.25, 0.3) is 0 Å². The molecule has 0 aromatic heterocycles. The molecule has 4 heteroatoms. The van der Waals surface area contributed by atoms with Crippen molar-refractivity contribution in [3.63, 3.8) is 0 Å². The predicted octanol–water partition coefficient (Wildman–Crippen LogP) is 1.96. The topological polar surface area (TPSA) is 55.6 Å². The van der Waals surface area contributed by atoms with Crippen LogP contribution in [0.5, 0.6) is 0 Å². The second-order valence-corrected chi connectivity index (χ2v) is 4.49. The van der Waals surface area contributed by atoms with Gasteiger partial charge in [0.05, 0.1) is 0 Å². The molecular formula is C15H24N2O2. The first-order chi connectivity index (χ1) is 9.24. The summed E-state index contributed by atoms with van der Waals surface area (Å²) >= 11 is 0. The number of nitrogens with zero attached hydrogens (tertiary/aromatic N) is 1. The number of amides is 1. The van der Waals surface area contributed by atoms with Crippen LogP contribution in [-0.4, -0.2) is 37.6 Å². The third-order valence-corrected chi connectivity index (χ3v) is 3.05. The standard InChI is InChI=1S/C15H24N2O2/c1-3-4-11-17(12-10-16)15(18)14(19-2)13-8-6-5-7-9-13/h5-9,14H,3-4,10-12,16H2,1-2H3. The van der Waals surface area contributed by atoms with Crippen molar-refractivity contribution in [3.05, 3.63) is 35.9 Å². The number of ether oxygens (including phenoxy) is 1. The van der Waals surface area contributed by atoms with Gasteiger partial charge in [0.15, 0.2) is 6.10 Å². The van der Waals surface area contributed by atoms with Crippen molar-refractivity contribution < 1.29 is 9.53 Å². The molecule has 106 valence electrons.